The molecule has 0 aliphatic carbocycles. The Labute approximate surface area is 119 Å². The van der Waals surface area contributed by atoms with Gasteiger partial charge in [0.25, 0.3) is 0 Å². The molecule has 0 saturated heterocycles. The van der Waals surface area contributed by atoms with Crippen LogP contribution in [0.15, 0.2) is 18.2 Å². The standard InChI is InChI=1S/C15H23FN2O2/c1-5-6-17-13-8-11(7-12(16)9-13)10-18-14(19)20-15(2,3)4/h7-9,17H,5-6,10H2,1-4H3,(H,18,19). The van der Waals surface area contributed by atoms with Gasteiger partial charge in [-0.05, 0) is 51.0 Å². The fourth-order valence-corrected chi connectivity index (χ4v) is 1.61. The minimum atomic E-state index is -0.542. The van der Waals surface area contributed by atoms with E-state index in [1.165, 1.54) is 12.1 Å². The fraction of sp³-hybridized carbons (Fsp3) is 0.533. The summed E-state index contributed by atoms with van der Waals surface area (Å²) >= 11 is 0. The van der Waals surface area contributed by atoms with E-state index in [0.717, 1.165) is 13.0 Å². The number of amides is 1. The number of anilines is 1. The molecule has 0 radical (unpaired) electrons. The summed E-state index contributed by atoms with van der Waals surface area (Å²) < 4.78 is 18.6. The molecule has 0 heterocycles. The van der Waals surface area contributed by atoms with Gasteiger partial charge in [-0.1, -0.05) is 6.92 Å². The molecule has 0 atom stereocenters. The Bertz CT molecular complexity index is 456. The number of carbonyl (C=O) groups is 1. The van der Waals surface area contributed by atoms with Gasteiger partial charge in [-0.3, -0.25) is 0 Å². The first-order chi connectivity index (χ1) is 9.30. The molecular weight excluding hydrogens is 259 g/mol. The first kappa shape index (κ1) is 16.3. The Morgan fingerprint density at radius 3 is 2.60 bits per heavy atom. The van der Waals surface area contributed by atoms with Crippen LogP contribution in [0.2, 0.25) is 0 Å². The van der Waals surface area contributed by atoms with Gasteiger partial charge in [-0.15, -0.1) is 0 Å². The van der Waals surface area contributed by atoms with Gasteiger partial charge in [-0.25, -0.2) is 9.18 Å². The Kier molecular flexibility index (Phi) is 5.80. The first-order valence-corrected chi connectivity index (χ1v) is 6.80. The van der Waals surface area contributed by atoms with Gasteiger partial charge in [0.15, 0.2) is 0 Å². The van der Waals surface area contributed by atoms with Crippen LogP contribution in [-0.4, -0.2) is 18.2 Å². The van der Waals surface area contributed by atoms with E-state index in [-0.39, 0.29) is 12.4 Å². The van der Waals surface area contributed by atoms with E-state index in [0.29, 0.717) is 11.3 Å². The van der Waals surface area contributed by atoms with E-state index < -0.39 is 11.7 Å². The molecule has 1 aromatic carbocycles. The predicted octanol–water partition coefficient (Wildman–Crippen LogP) is 3.67. The Morgan fingerprint density at radius 1 is 1.30 bits per heavy atom. The van der Waals surface area contributed by atoms with Crippen LogP contribution in [-0.2, 0) is 11.3 Å². The number of rotatable bonds is 5. The van der Waals surface area contributed by atoms with Crippen LogP contribution in [0, 0.1) is 5.82 Å². The van der Waals surface area contributed by atoms with Gasteiger partial charge < -0.3 is 15.4 Å². The predicted molar refractivity (Wildman–Crippen MR) is 78.3 cm³/mol. The summed E-state index contributed by atoms with van der Waals surface area (Å²) in [4.78, 5) is 11.5. The smallest absolute Gasteiger partial charge is 0.407 e. The minimum absolute atomic E-state index is 0.230. The second kappa shape index (κ2) is 7.12. The highest BCUT2D eigenvalue weighted by Gasteiger charge is 2.15. The van der Waals surface area contributed by atoms with Crippen molar-refractivity contribution >= 4 is 11.8 Å². The van der Waals surface area contributed by atoms with Gasteiger partial charge in [0.05, 0.1) is 0 Å². The third-order valence-electron chi connectivity index (χ3n) is 2.37. The molecule has 2 N–H and O–H groups in total. The van der Waals surface area contributed by atoms with Gasteiger partial charge in [-0.2, -0.15) is 0 Å². The fourth-order valence-electron chi connectivity index (χ4n) is 1.61. The first-order valence-electron chi connectivity index (χ1n) is 6.80. The largest absolute Gasteiger partial charge is 0.444 e. The second-order valence-electron chi connectivity index (χ2n) is 5.63. The van der Waals surface area contributed by atoms with Crippen molar-refractivity contribution in [2.75, 3.05) is 11.9 Å². The van der Waals surface area contributed by atoms with Crippen LogP contribution >= 0.6 is 0 Å². The topological polar surface area (TPSA) is 50.4 Å². The monoisotopic (exact) mass is 282 g/mol. The maximum absolute atomic E-state index is 13.5. The molecule has 0 spiro atoms. The molecule has 0 fully saturated rings. The summed E-state index contributed by atoms with van der Waals surface area (Å²) in [5.41, 5.74) is 0.863. The number of nitrogens with one attached hydrogen (secondary N) is 2. The molecule has 0 aliphatic rings. The zero-order valence-electron chi connectivity index (χ0n) is 12.5. The lowest BCUT2D eigenvalue weighted by atomic mass is 10.2. The summed E-state index contributed by atoms with van der Waals surface area (Å²) in [7, 11) is 0. The summed E-state index contributed by atoms with van der Waals surface area (Å²) in [5.74, 6) is -0.327. The van der Waals surface area contributed by atoms with Crippen molar-refractivity contribution in [3.63, 3.8) is 0 Å². The van der Waals surface area contributed by atoms with E-state index in [1.54, 1.807) is 20.8 Å². The third kappa shape index (κ3) is 6.41. The van der Waals surface area contributed by atoms with Gasteiger partial charge in [0.1, 0.15) is 11.4 Å². The van der Waals surface area contributed by atoms with Crippen LogP contribution < -0.4 is 10.6 Å². The van der Waals surface area contributed by atoms with E-state index >= 15 is 0 Å². The molecule has 20 heavy (non-hydrogen) atoms. The van der Waals surface area contributed by atoms with Crippen molar-refractivity contribution in [1.82, 2.24) is 5.32 Å². The number of hydrogen-bond donors (Lipinski definition) is 2. The molecule has 0 bridgehead atoms. The lowest BCUT2D eigenvalue weighted by molar-refractivity contribution is 0.0523. The molecule has 5 heteroatoms. The number of carbonyl (C=O) groups excluding carboxylic acids is 1. The van der Waals surface area contributed by atoms with Crippen molar-refractivity contribution in [3.8, 4) is 0 Å². The number of halogens is 1. The van der Waals surface area contributed by atoms with Crippen LogP contribution in [0.1, 0.15) is 39.7 Å². The zero-order chi connectivity index (χ0) is 15.2. The molecule has 0 aliphatic heterocycles. The number of benzene rings is 1. The van der Waals surface area contributed by atoms with Crippen molar-refractivity contribution in [1.29, 1.82) is 0 Å². The van der Waals surface area contributed by atoms with Crippen LogP contribution in [0.3, 0.4) is 0 Å². The average molecular weight is 282 g/mol. The lowest BCUT2D eigenvalue weighted by Crippen LogP contribution is -2.32. The Hall–Kier alpha value is -1.78. The van der Waals surface area contributed by atoms with E-state index in [1.807, 2.05) is 13.0 Å². The highest BCUT2D eigenvalue weighted by atomic mass is 19.1. The Morgan fingerprint density at radius 2 is 2.00 bits per heavy atom. The summed E-state index contributed by atoms with van der Waals surface area (Å²) in [6.07, 6.45) is 0.451. The molecule has 1 amide bonds. The summed E-state index contributed by atoms with van der Waals surface area (Å²) in [5, 5.41) is 5.73. The second-order valence-corrected chi connectivity index (χ2v) is 5.63. The molecular formula is C15H23FN2O2. The highest BCUT2D eigenvalue weighted by Crippen LogP contribution is 2.14. The SMILES string of the molecule is CCCNc1cc(F)cc(CNC(=O)OC(C)(C)C)c1. The Balaban J connectivity index is 2.59. The molecule has 1 rings (SSSR count). The molecule has 1 aromatic rings. The lowest BCUT2D eigenvalue weighted by Gasteiger charge is -2.19. The molecule has 4 nitrogen and oxygen atoms in total. The normalized spacial score (nSPS) is 11.1. The van der Waals surface area contributed by atoms with E-state index in [4.69, 9.17) is 4.74 Å². The quantitative estimate of drug-likeness (QED) is 0.866. The van der Waals surface area contributed by atoms with Crippen molar-refractivity contribution in [2.45, 2.75) is 46.3 Å². The average Bonchev–Trinajstić information content (AvgIpc) is 2.31. The maximum Gasteiger partial charge on any atom is 0.407 e. The number of ether oxygens (including phenoxy) is 1. The molecule has 0 saturated carbocycles. The van der Waals surface area contributed by atoms with E-state index in [9.17, 15) is 9.18 Å². The molecule has 112 valence electrons. The van der Waals surface area contributed by atoms with Crippen LogP contribution in [0.5, 0.6) is 0 Å². The summed E-state index contributed by atoms with van der Waals surface area (Å²) in [6.45, 7) is 8.43. The summed E-state index contributed by atoms with van der Waals surface area (Å²) in [6, 6.07) is 4.65. The van der Waals surface area contributed by atoms with E-state index in [2.05, 4.69) is 10.6 Å². The third-order valence-corrected chi connectivity index (χ3v) is 2.37. The van der Waals surface area contributed by atoms with Crippen molar-refractivity contribution < 1.29 is 13.9 Å². The van der Waals surface area contributed by atoms with Crippen molar-refractivity contribution in [3.05, 3.63) is 29.6 Å². The molecule has 0 aromatic heterocycles. The highest BCUT2D eigenvalue weighted by molar-refractivity contribution is 5.67. The van der Waals surface area contributed by atoms with Gasteiger partial charge in [0, 0.05) is 18.8 Å². The molecule has 0 unspecified atom stereocenters. The minimum Gasteiger partial charge on any atom is -0.444 e. The van der Waals surface area contributed by atoms with Crippen molar-refractivity contribution in [2.24, 2.45) is 0 Å². The van der Waals surface area contributed by atoms with Crippen LogP contribution in [0.4, 0.5) is 14.9 Å². The van der Waals surface area contributed by atoms with Crippen LogP contribution in [0.25, 0.3) is 0 Å². The zero-order valence-corrected chi connectivity index (χ0v) is 12.5. The maximum atomic E-state index is 13.5. The van der Waals surface area contributed by atoms with Gasteiger partial charge in [0.2, 0.25) is 0 Å². The number of alkyl carbamates (subject to hydrolysis) is 1. The number of hydrogen-bond acceptors (Lipinski definition) is 3. The van der Waals surface area contributed by atoms with Gasteiger partial charge >= 0.3 is 6.09 Å².